The number of rotatable bonds is 5. The molecule has 0 saturated carbocycles. The first-order valence-corrected chi connectivity index (χ1v) is 9.09. The lowest BCUT2D eigenvalue weighted by atomic mass is 10.2. The van der Waals surface area contributed by atoms with Gasteiger partial charge in [0.05, 0.1) is 13.7 Å². The summed E-state index contributed by atoms with van der Waals surface area (Å²) in [4.78, 5) is 7.22. The highest BCUT2D eigenvalue weighted by atomic mass is 127. The molecule has 2 rings (SSSR count). The minimum absolute atomic E-state index is 0. The van der Waals surface area contributed by atoms with Gasteiger partial charge in [0.15, 0.2) is 5.96 Å². The topological polar surface area (TPSA) is 36.9 Å². The number of nitrogens with zero attached hydrogens (tertiary/aromatic N) is 2. The van der Waals surface area contributed by atoms with Gasteiger partial charge in [-0.2, -0.15) is 11.8 Å². The minimum atomic E-state index is 0. The smallest absolute Gasteiger partial charge is 0.194 e. The van der Waals surface area contributed by atoms with E-state index >= 15 is 0 Å². The number of hydrogen-bond donors (Lipinski definition) is 1. The van der Waals surface area contributed by atoms with Crippen LogP contribution in [0.1, 0.15) is 25.8 Å². The molecule has 0 aliphatic carbocycles. The average molecular weight is 449 g/mol. The molecule has 1 N–H and O–H groups in total. The molecule has 1 aromatic rings. The summed E-state index contributed by atoms with van der Waals surface area (Å²) in [5.74, 6) is 3.10. The van der Waals surface area contributed by atoms with Crippen molar-refractivity contribution in [3.05, 3.63) is 29.8 Å². The molecular formula is C17H28IN3OS. The maximum Gasteiger partial charge on any atom is 0.194 e. The normalized spacial score (nSPS) is 18.3. The van der Waals surface area contributed by atoms with Crippen molar-refractivity contribution in [1.29, 1.82) is 0 Å². The zero-order valence-electron chi connectivity index (χ0n) is 14.2. The van der Waals surface area contributed by atoms with Gasteiger partial charge >= 0.3 is 0 Å². The first-order chi connectivity index (χ1) is 10.8. The number of ether oxygens (including phenoxy) is 1. The number of hydrogen-bond acceptors (Lipinski definition) is 3. The van der Waals surface area contributed by atoms with E-state index in [1.807, 2.05) is 18.2 Å². The minimum Gasteiger partial charge on any atom is -0.497 e. The maximum absolute atomic E-state index is 5.28. The molecule has 1 aliphatic rings. The largest absolute Gasteiger partial charge is 0.497 e. The molecule has 1 unspecified atom stereocenters. The predicted octanol–water partition coefficient (Wildman–Crippen LogP) is 3.61. The number of methoxy groups -OCH3 is 1. The molecule has 0 spiro atoms. The standard InChI is InChI=1S/C17H27N3OS.HI/c1-4-16-13-20(9-10-22-16)17(18-5-2)19-12-14-7-6-8-15(11-14)21-3;/h6-8,11,16H,4-5,9-10,12-13H2,1-3H3,(H,18,19);1H. The molecule has 130 valence electrons. The number of aliphatic imine (C=N–C) groups is 1. The van der Waals surface area contributed by atoms with Crippen LogP contribution >= 0.6 is 35.7 Å². The quantitative estimate of drug-likeness (QED) is 0.424. The fourth-order valence-electron chi connectivity index (χ4n) is 2.52. The number of nitrogens with one attached hydrogen (secondary N) is 1. The summed E-state index contributed by atoms with van der Waals surface area (Å²) in [7, 11) is 1.70. The van der Waals surface area contributed by atoms with Crippen LogP contribution in [0.2, 0.25) is 0 Å². The summed E-state index contributed by atoms with van der Waals surface area (Å²) < 4.78 is 5.28. The van der Waals surface area contributed by atoms with Gasteiger partial charge in [-0.15, -0.1) is 24.0 Å². The number of thioether (sulfide) groups is 1. The molecule has 6 heteroatoms. The van der Waals surface area contributed by atoms with Crippen molar-refractivity contribution >= 4 is 41.7 Å². The van der Waals surface area contributed by atoms with Crippen molar-refractivity contribution in [2.75, 3.05) is 32.5 Å². The van der Waals surface area contributed by atoms with Crippen molar-refractivity contribution in [2.45, 2.75) is 32.1 Å². The van der Waals surface area contributed by atoms with Crippen molar-refractivity contribution in [2.24, 2.45) is 4.99 Å². The molecule has 1 saturated heterocycles. The van der Waals surface area contributed by atoms with Crippen LogP contribution in [0.4, 0.5) is 0 Å². The second kappa shape index (κ2) is 11.0. The molecule has 1 aromatic carbocycles. The third-order valence-electron chi connectivity index (χ3n) is 3.77. The molecular weight excluding hydrogens is 421 g/mol. The Balaban J connectivity index is 0.00000264. The highest BCUT2D eigenvalue weighted by molar-refractivity contribution is 14.0. The molecule has 1 heterocycles. The summed E-state index contributed by atoms with van der Waals surface area (Å²) >= 11 is 2.08. The Kier molecular flexibility index (Phi) is 9.78. The average Bonchev–Trinajstić information content (AvgIpc) is 2.58. The Bertz CT molecular complexity index is 498. The van der Waals surface area contributed by atoms with Crippen molar-refractivity contribution in [3.63, 3.8) is 0 Å². The SMILES string of the molecule is CCNC(=NCc1cccc(OC)c1)N1CCSC(CC)C1.I. The highest BCUT2D eigenvalue weighted by Crippen LogP contribution is 2.21. The van der Waals surface area contributed by atoms with Gasteiger partial charge in [-0.1, -0.05) is 19.1 Å². The van der Waals surface area contributed by atoms with Crippen LogP contribution in [0, 0.1) is 0 Å². The van der Waals surface area contributed by atoms with Gasteiger partial charge in [-0.3, -0.25) is 0 Å². The summed E-state index contributed by atoms with van der Waals surface area (Å²) in [6, 6.07) is 8.12. The van der Waals surface area contributed by atoms with E-state index in [9.17, 15) is 0 Å². The molecule has 23 heavy (non-hydrogen) atoms. The molecule has 1 aliphatic heterocycles. The fraction of sp³-hybridized carbons (Fsp3) is 0.588. The first-order valence-electron chi connectivity index (χ1n) is 8.04. The van der Waals surface area contributed by atoms with Gasteiger partial charge in [-0.05, 0) is 31.0 Å². The van der Waals surface area contributed by atoms with Crippen LogP contribution < -0.4 is 10.1 Å². The molecule has 0 radical (unpaired) electrons. The molecule has 0 bridgehead atoms. The Labute approximate surface area is 161 Å². The van der Waals surface area contributed by atoms with E-state index in [4.69, 9.17) is 9.73 Å². The number of guanidine groups is 1. The van der Waals surface area contributed by atoms with Gasteiger partial charge in [0, 0.05) is 30.6 Å². The molecule has 1 fully saturated rings. The van der Waals surface area contributed by atoms with Crippen LogP contribution in [0.15, 0.2) is 29.3 Å². The van der Waals surface area contributed by atoms with Crippen LogP contribution in [0.5, 0.6) is 5.75 Å². The maximum atomic E-state index is 5.28. The van der Waals surface area contributed by atoms with Crippen molar-refractivity contribution in [3.8, 4) is 5.75 Å². The van der Waals surface area contributed by atoms with Crippen LogP contribution in [0.3, 0.4) is 0 Å². The lowest BCUT2D eigenvalue weighted by Crippen LogP contribution is -2.48. The van der Waals surface area contributed by atoms with Gasteiger partial charge in [-0.25, -0.2) is 4.99 Å². The Morgan fingerprint density at radius 3 is 2.96 bits per heavy atom. The van der Waals surface area contributed by atoms with Crippen LogP contribution in [0.25, 0.3) is 0 Å². The molecule has 4 nitrogen and oxygen atoms in total. The van der Waals surface area contributed by atoms with E-state index < -0.39 is 0 Å². The van der Waals surface area contributed by atoms with Gasteiger partial charge in [0.1, 0.15) is 5.75 Å². The lowest BCUT2D eigenvalue weighted by Gasteiger charge is -2.34. The highest BCUT2D eigenvalue weighted by Gasteiger charge is 2.21. The molecule has 0 amide bonds. The van der Waals surface area contributed by atoms with Gasteiger partial charge in [0.25, 0.3) is 0 Å². The summed E-state index contributed by atoms with van der Waals surface area (Å²) in [6.45, 7) is 8.13. The monoisotopic (exact) mass is 449 g/mol. The number of benzene rings is 1. The van der Waals surface area contributed by atoms with E-state index in [2.05, 4.69) is 41.9 Å². The third-order valence-corrected chi connectivity index (χ3v) is 5.15. The van der Waals surface area contributed by atoms with E-state index in [1.165, 1.54) is 17.7 Å². The van der Waals surface area contributed by atoms with Gasteiger partial charge in [0.2, 0.25) is 0 Å². The fourth-order valence-corrected chi connectivity index (χ4v) is 3.70. The first kappa shape index (κ1) is 20.4. The second-order valence-electron chi connectivity index (χ2n) is 5.37. The second-order valence-corrected chi connectivity index (χ2v) is 6.78. The Morgan fingerprint density at radius 1 is 1.43 bits per heavy atom. The van der Waals surface area contributed by atoms with Gasteiger partial charge < -0.3 is 15.0 Å². The zero-order valence-corrected chi connectivity index (χ0v) is 17.4. The molecule has 1 atom stereocenters. The Morgan fingerprint density at radius 2 is 2.26 bits per heavy atom. The molecule has 0 aromatic heterocycles. The summed E-state index contributed by atoms with van der Waals surface area (Å²) in [5.41, 5.74) is 1.17. The van der Waals surface area contributed by atoms with E-state index in [-0.39, 0.29) is 24.0 Å². The van der Waals surface area contributed by atoms with E-state index in [1.54, 1.807) is 7.11 Å². The number of halogens is 1. The van der Waals surface area contributed by atoms with Crippen LogP contribution in [-0.2, 0) is 6.54 Å². The van der Waals surface area contributed by atoms with Crippen molar-refractivity contribution < 1.29 is 4.74 Å². The lowest BCUT2D eigenvalue weighted by molar-refractivity contribution is 0.407. The Hall–Kier alpha value is -0.630. The van der Waals surface area contributed by atoms with E-state index in [0.29, 0.717) is 6.54 Å². The summed E-state index contributed by atoms with van der Waals surface area (Å²) in [5, 5.41) is 4.15. The van der Waals surface area contributed by atoms with Crippen LogP contribution in [-0.4, -0.2) is 48.6 Å². The third kappa shape index (κ3) is 6.41. The zero-order chi connectivity index (χ0) is 15.8. The summed E-state index contributed by atoms with van der Waals surface area (Å²) in [6.07, 6.45) is 1.22. The van der Waals surface area contributed by atoms with Crippen molar-refractivity contribution in [1.82, 2.24) is 10.2 Å². The predicted molar refractivity (Wildman–Crippen MR) is 111 cm³/mol. The van der Waals surface area contributed by atoms with E-state index in [0.717, 1.165) is 36.6 Å².